The summed E-state index contributed by atoms with van der Waals surface area (Å²) >= 11 is 0. The predicted octanol–water partition coefficient (Wildman–Crippen LogP) is 1.57. The highest BCUT2D eigenvalue weighted by Crippen LogP contribution is 2.22. The van der Waals surface area contributed by atoms with Crippen molar-refractivity contribution in [3.8, 4) is 0 Å². The van der Waals surface area contributed by atoms with Gasteiger partial charge in [-0.1, -0.05) is 13.3 Å². The van der Waals surface area contributed by atoms with Crippen molar-refractivity contribution in [2.24, 2.45) is 0 Å². The van der Waals surface area contributed by atoms with Gasteiger partial charge >= 0.3 is 5.97 Å². The first-order valence-electron chi connectivity index (χ1n) is 6.08. The van der Waals surface area contributed by atoms with Gasteiger partial charge in [-0.15, -0.1) is 0 Å². The van der Waals surface area contributed by atoms with E-state index in [1.54, 1.807) is 12.1 Å². The Balaban J connectivity index is 2.91. The number of anilines is 2. The van der Waals surface area contributed by atoms with Crippen LogP contribution in [0.3, 0.4) is 0 Å². The summed E-state index contributed by atoms with van der Waals surface area (Å²) < 4.78 is 0. The quantitative estimate of drug-likeness (QED) is 0.641. The fourth-order valence-electron chi connectivity index (χ4n) is 1.78. The van der Waals surface area contributed by atoms with Crippen LogP contribution in [0.1, 0.15) is 30.1 Å². The van der Waals surface area contributed by atoms with Crippen molar-refractivity contribution in [3.05, 3.63) is 23.8 Å². The standard InChI is InChI=1S/C13H20N2O3/c1-2-3-6-15(7-8-16)10-4-5-11(13(17)18)12(14)9-10/h4-5,9,16H,2-3,6-8,14H2,1H3,(H,17,18). The minimum Gasteiger partial charge on any atom is -0.478 e. The Kier molecular flexibility index (Phi) is 5.45. The number of unbranched alkanes of at least 4 members (excludes halogenated alkanes) is 1. The molecule has 0 unspecified atom stereocenters. The van der Waals surface area contributed by atoms with Crippen molar-refractivity contribution in [2.45, 2.75) is 19.8 Å². The molecule has 1 rings (SSSR count). The van der Waals surface area contributed by atoms with Gasteiger partial charge in [0.15, 0.2) is 0 Å². The van der Waals surface area contributed by atoms with E-state index in [2.05, 4.69) is 6.92 Å². The molecule has 5 heteroatoms. The number of aromatic carboxylic acids is 1. The summed E-state index contributed by atoms with van der Waals surface area (Å²) in [6.07, 6.45) is 2.07. The molecule has 0 bridgehead atoms. The molecule has 0 aliphatic heterocycles. The molecule has 4 N–H and O–H groups in total. The third kappa shape index (κ3) is 3.63. The molecule has 0 radical (unpaired) electrons. The van der Waals surface area contributed by atoms with Crippen LogP contribution in [0.5, 0.6) is 0 Å². The number of benzene rings is 1. The zero-order chi connectivity index (χ0) is 13.5. The number of carboxylic acids is 1. The predicted molar refractivity (Wildman–Crippen MR) is 72.0 cm³/mol. The van der Waals surface area contributed by atoms with Gasteiger partial charge in [-0.3, -0.25) is 0 Å². The monoisotopic (exact) mass is 252 g/mol. The largest absolute Gasteiger partial charge is 0.478 e. The summed E-state index contributed by atoms with van der Waals surface area (Å²) in [5.74, 6) is -1.03. The molecule has 0 aliphatic rings. The number of carboxylic acid groups (broad SMARTS) is 1. The van der Waals surface area contributed by atoms with E-state index in [1.807, 2.05) is 4.90 Å². The van der Waals surface area contributed by atoms with Gasteiger partial charge in [0.25, 0.3) is 0 Å². The highest BCUT2D eigenvalue weighted by Gasteiger charge is 2.11. The van der Waals surface area contributed by atoms with E-state index < -0.39 is 5.97 Å². The van der Waals surface area contributed by atoms with Gasteiger partial charge in [0.2, 0.25) is 0 Å². The van der Waals surface area contributed by atoms with Gasteiger partial charge < -0.3 is 20.8 Å². The first kappa shape index (κ1) is 14.3. The molecular formula is C13H20N2O3. The first-order valence-corrected chi connectivity index (χ1v) is 6.08. The third-order valence-corrected chi connectivity index (χ3v) is 2.78. The smallest absolute Gasteiger partial charge is 0.337 e. The molecular weight excluding hydrogens is 232 g/mol. The summed E-state index contributed by atoms with van der Waals surface area (Å²) in [6.45, 7) is 3.50. The normalized spacial score (nSPS) is 10.3. The van der Waals surface area contributed by atoms with Gasteiger partial charge in [0.05, 0.1) is 12.2 Å². The van der Waals surface area contributed by atoms with Crippen LogP contribution in [0, 0.1) is 0 Å². The lowest BCUT2D eigenvalue weighted by molar-refractivity contribution is 0.0698. The summed E-state index contributed by atoms with van der Waals surface area (Å²) in [5, 5.41) is 17.9. The number of nitrogens with two attached hydrogens (primary N) is 1. The van der Waals surface area contributed by atoms with Crippen LogP contribution in [-0.2, 0) is 0 Å². The van der Waals surface area contributed by atoms with E-state index in [0.29, 0.717) is 6.54 Å². The number of carbonyl (C=O) groups is 1. The van der Waals surface area contributed by atoms with E-state index in [-0.39, 0.29) is 17.9 Å². The molecule has 0 fully saturated rings. The topological polar surface area (TPSA) is 86.8 Å². The van der Waals surface area contributed by atoms with Crippen LogP contribution in [0.4, 0.5) is 11.4 Å². The minimum absolute atomic E-state index is 0.0598. The van der Waals surface area contributed by atoms with Gasteiger partial charge in [-0.05, 0) is 24.6 Å². The Morgan fingerprint density at radius 2 is 2.11 bits per heavy atom. The van der Waals surface area contributed by atoms with Crippen LogP contribution in [-0.4, -0.2) is 35.9 Å². The lowest BCUT2D eigenvalue weighted by Crippen LogP contribution is -2.27. The SMILES string of the molecule is CCCCN(CCO)c1ccc(C(=O)O)c(N)c1. The van der Waals surface area contributed by atoms with Gasteiger partial charge in [-0.25, -0.2) is 4.79 Å². The third-order valence-electron chi connectivity index (χ3n) is 2.78. The number of hydrogen-bond donors (Lipinski definition) is 3. The van der Waals surface area contributed by atoms with Crippen molar-refractivity contribution >= 4 is 17.3 Å². The molecule has 0 spiro atoms. The molecule has 0 aliphatic carbocycles. The summed E-state index contributed by atoms with van der Waals surface area (Å²) in [4.78, 5) is 12.9. The molecule has 18 heavy (non-hydrogen) atoms. The molecule has 0 heterocycles. The number of nitrogens with zero attached hydrogens (tertiary/aromatic N) is 1. The summed E-state index contributed by atoms with van der Waals surface area (Å²) in [7, 11) is 0. The molecule has 0 atom stereocenters. The maximum Gasteiger partial charge on any atom is 0.337 e. The van der Waals surface area contributed by atoms with Crippen molar-refractivity contribution in [2.75, 3.05) is 30.3 Å². The number of aliphatic hydroxyl groups excluding tert-OH is 1. The molecule has 0 saturated carbocycles. The van der Waals surface area contributed by atoms with Gasteiger partial charge in [0, 0.05) is 24.5 Å². The molecule has 0 saturated heterocycles. The summed E-state index contributed by atoms with van der Waals surface area (Å²) in [5.41, 5.74) is 6.92. The maximum absolute atomic E-state index is 10.9. The average molecular weight is 252 g/mol. The molecule has 0 aromatic heterocycles. The number of hydrogen-bond acceptors (Lipinski definition) is 4. The highest BCUT2D eigenvalue weighted by molar-refractivity contribution is 5.94. The second-order valence-electron chi connectivity index (χ2n) is 4.14. The summed E-state index contributed by atoms with van der Waals surface area (Å²) in [6, 6.07) is 4.88. The zero-order valence-electron chi connectivity index (χ0n) is 10.6. The fraction of sp³-hybridized carbons (Fsp3) is 0.462. The first-order chi connectivity index (χ1) is 8.60. The second-order valence-corrected chi connectivity index (χ2v) is 4.14. The Labute approximate surface area is 107 Å². The number of rotatable bonds is 7. The van der Waals surface area contributed by atoms with E-state index in [1.165, 1.54) is 6.07 Å². The Bertz CT molecular complexity index is 407. The zero-order valence-corrected chi connectivity index (χ0v) is 10.6. The Morgan fingerprint density at radius 3 is 2.61 bits per heavy atom. The van der Waals surface area contributed by atoms with Crippen molar-refractivity contribution < 1.29 is 15.0 Å². The average Bonchev–Trinajstić information content (AvgIpc) is 2.33. The maximum atomic E-state index is 10.9. The second kappa shape index (κ2) is 6.86. The minimum atomic E-state index is -1.03. The van der Waals surface area contributed by atoms with Crippen LogP contribution in [0.15, 0.2) is 18.2 Å². The fourth-order valence-corrected chi connectivity index (χ4v) is 1.78. The lowest BCUT2D eigenvalue weighted by atomic mass is 10.1. The van der Waals surface area contributed by atoms with E-state index in [0.717, 1.165) is 25.1 Å². The Morgan fingerprint density at radius 1 is 1.39 bits per heavy atom. The van der Waals surface area contributed by atoms with Gasteiger partial charge in [-0.2, -0.15) is 0 Å². The van der Waals surface area contributed by atoms with Gasteiger partial charge in [0.1, 0.15) is 0 Å². The Hall–Kier alpha value is -1.75. The van der Waals surface area contributed by atoms with E-state index >= 15 is 0 Å². The van der Waals surface area contributed by atoms with Crippen LogP contribution < -0.4 is 10.6 Å². The molecule has 1 aromatic rings. The van der Waals surface area contributed by atoms with E-state index in [4.69, 9.17) is 15.9 Å². The lowest BCUT2D eigenvalue weighted by Gasteiger charge is -2.24. The number of aliphatic hydroxyl groups is 1. The van der Waals surface area contributed by atoms with Crippen molar-refractivity contribution in [1.29, 1.82) is 0 Å². The van der Waals surface area contributed by atoms with Crippen molar-refractivity contribution in [3.63, 3.8) is 0 Å². The molecule has 0 amide bonds. The van der Waals surface area contributed by atoms with Crippen LogP contribution in [0.2, 0.25) is 0 Å². The molecule has 100 valence electrons. The number of nitrogen functional groups attached to an aromatic ring is 1. The van der Waals surface area contributed by atoms with Crippen LogP contribution in [0.25, 0.3) is 0 Å². The van der Waals surface area contributed by atoms with E-state index in [9.17, 15) is 4.79 Å². The molecule has 1 aromatic carbocycles. The molecule has 5 nitrogen and oxygen atoms in total. The van der Waals surface area contributed by atoms with Crippen molar-refractivity contribution in [1.82, 2.24) is 0 Å². The van der Waals surface area contributed by atoms with Crippen LogP contribution >= 0.6 is 0 Å². The highest BCUT2D eigenvalue weighted by atomic mass is 16.4.